The van der Waals surface area contributed by atoms with Crippen LogP contribution in [0.4, 0.5) is 0 Å². The van der Waals surface area contributed by atoms with Crippen LogP contribution in [-0.2, 0) is 4.79 Å². The third kappa shape index (κ3) is 5.21. The van der Waals surface area contributed by atoms with E-state index in [2.05, 4.69) is 29.5 Å². The molecule has 0 spiro atoms. The van der Waals surface area contributed by atoms with Crippen LogP contribution < -0.4 is 0 Å². The fraction of sp³-hybridized carbons (Fsp3) is 0.875. The van der Waals surface area contributed by atoms with Crippen molar-refractivity contribution in [1.29, 1.82) is 0 Å². The topological polar surface area (TPSA) is 17.1 Å². The molecule has 0 aromatic heterocycles. The van der Waals surface area contributed by atoms with E-state index in [-0.39, 0.29) is 3.92 Å². The lowest BCUT2D eigenvalue weighted by atomic mass is 10.1. The van der Waals surface area contributed by atoms with Gasteiger partial charge >= 0.3 is 0 Å². The number of unbranched alkanes of at least 4 members (excludes halogenated alkanes) is 2. The standard InChI is InChI=1S/C8H15IO/c1-3-4-5-6-8(10)7(2)9/h7H,3-6H2,1-2H3. The molecule has 0 radical (unpaired) electrons. The fourth-order valence-corrected chi connectivity index (χ4v) is 1.06. The highest BCUT2D eigenvalue weighted by Crippen LogP contribution is 2.07. The Morgan fingerprint density at radius 2 is 2.10 bits per heavy atom. The number of carbonyl (C=O) groups excluding carboxylic acids is 1. The van der Waals surface area contributed by atoms with Crippen LogP contribution in [0.3, 0.4) is 0 Å². The van der Waals surface area contributed by atoms with Crippen LogP contribution in [-0.4, -0.2) is 9.71 Å². The summed E-state index contributed by atoms with van der Waals surface area (Å²) in [4.78, 5) is 11.0. The minimum absolute atomic E-state index is 0.203. The van der Waals surface area contributed by atoms with Gasteiger partial charge in [0.25, 0.3) is 0 Å². The number of Topliss-reactive ketones (excluding diaryl/α,β-unsaturated/α-hetero) is 1. The van der Waals surface area contributed by atoms with Gasteiger partial charge in [-0.3, -0.25) is 4.79 Å². The molecule has 0 aromatic rings. The van der Waals surface area contributed by atoms with Gasteiger partial charge in [-0.15, -0.1) is 0 Å². The molecule has 0 aliphatic carbocycles. The van der Waals surface area contributed by atoms with Crippen molar-refractivity contribution >= 4 is 28.4 Å². The number of alkyl halides is 1. The van der Waals surface area contributed by atoms with E-state index in [1.54, 1.807) is 0 Å². The average Bonchev–Trinajstić information content (AvgIpc) is 1.88. The zero-order valence-electron chi connectivity index (χ0n) is 6.69. The highest BCUT2D eigenvalue weighted by atomic mass is 127. The third-order valence-corrected chi connectivity index (χ3v) is 2.17. The van der Waals surface area contributed by atoms with Crippen molar-refractivity contribution in [2.45, 2.75) is 43.5 Å². The van der Waals surface area contributed by atoms with Crippen molar-refractivity contribution in [2.75, 3.05) is 0 Å². The molecule has 0 fully saturated rings. The summed E-state index contributed by atoms with van der Waals surface area (Å²) in [6.07, 6.45) is 4.23. The normalized spacial score (nSPS) is 13.1. The molecule has 0 saturated carbocycles. The molecule has 2 heteroatoms. The van der Waals surface area contributed by atoms with Crippen LogP contribution in [0.1, 0.15) is 39.5 Å². The van der Waals surface area contributed by atoms with E-state index in [0.717, 1.165) is 12.8 Å². The summed E-state index contributed by atoms with van der Waals surface area (Å²) in [5, 5.41) is 0. The van der Waals surface area contributed by atoms with Gasteiger partial charge in [0.05, 0.1) is 3.92 Å². The Hall–Kier alpha value is 0.400. The zero-order valence-corrected chi connectivity index (χ0v) is 8.85. The summed E-state index contributed by atoms with van der Waals surface area (Å²) in [6.45, 7) is 4.10. The Morgan fingerprint density at radius 1 is 1.50 bits per heavy atom. The molecular weight excluding hydrogens is 239 g/mol. The van der Waals surface area contributed by atoms with Crippen molar-refractivity contribution in [2.24, 2.45) is 0 Å². The van der Waals surface area contributed by atoms with Crippen LogP contribution in [0.15, 0.2) is 0 Å². The Kier molecular flexibility index (Phi) is 6.38. The molecule has 0 aromatic carbocycles. The smallest absolute Gasteiger partial charge is 0.145 e. The summed E-state index contributed by atoms with van der Waals surface area (Å²) >= 11 is 2.17. The first kappa shape index (κ1) is 10.4. The first-order valence-corrected chi connectivity index (χ1v) is 5.09. The number of hydrogen-bond acceptors (Lipinski definition) is 1. The van der Waals surface area contributed by atoms with E-state index in [4.69, 9.17) is 0 Å². The molecule has 0 bridgehead atoms. The number of carbonyl (C=O) groups is 1. The van der Waals surface area contributed by atoms with Crippen LogP contribution in [0.2, 0.25) is 0 Å². The van der Waals surface area contributed by atoms with Crippen molar-refractivity contribution in [3.05, 3.63) is 0 Å². The van der Waals surface area contributed by atoms with Crippen molar-refractivity contribution in [3.63, 3.8) is 0 Å². The van der Waals surface area contributed by atoms with E-state index in [1.165, 1.54) is 12.8 Å². The van der Waals surface area contributed by atoms with Gasteiger partial charge in [0.2, 0.25) is 0 Å². The van der Waals surface area contributed by atoms with E-state index in [1.807, 2.05) is 6.92 Å². The molecule has 0 aliphatic rings. The number of halogens is 1. The summed E-state index contributed by atoms with van der Waals surface area (Å²) in [5.74, 6) is 0.397. The summed E-state index contributed by atoms with van der Waals surface area (Å²) in [7, 11) is 0. The van der Waals surface area contributed by atoms with E-state index in [9.17, 15) is 4.79 Å². The minimum atomic E-state index is 0.203. The molecule has 0 heterocycles. The molecule has 1 atom stereocenters. The van der Waals surface area contributed by atoms with Crippen LogP contribution in [0.25, 0.3) is 0 Å². The summed E-state index contributed by atoms with van der Waals surface area (Å²) < 4.78 is 0.203. The van der Waals surface area contributed by atoms with Gasteiger partial charge in [-0.1, -0.05) is 42.4 Å². The minimum Gasteiger partial charge on any atom is -0.299 e. The van der Waals surface area contributed by atoms with Crippen LogP contribution >= 0.6 is 22.6 Å². The van der Waals surface area contributed by atoms with Crippen molar-refractivity contribution in [1.82, 2.24) is 0 Å². The van der Waals surface area contributed by atoms with Gasteiger partial charge in [-0.05, 0) is 13.3 Å². The second kappa shape index (κ2) is 6.13. The molecule has 60 valence electrons. The fourth-order valence-electron chi connectivity index (χ4n) is 0.748. The number of hydrogen-bond donors (Lipinski definition) is 0. The predicted molar refractivity (Wildman–Crippen MR) is 52.6 cm³/mol. The number of rotatable bonds is 5. The van der Waals surface area contributed by atoms with Gasteiger partial charge < -0.3 is 0 Å². The van der Waals surface area contributed by atoms with Gasteiger partial charge in [-0.25, -0.2) is 0 Å². The maximum absolute atomic E-state index is 11.0. The molecule has 1 nitrogen and oxygen atoms in total. The first-order valence-electron chi connectivity index (χ1n) is 3.85. The predicted octanol–water partition coefficient (Wildman–Crippen LogP) is 2.96. The lowest BCUT2D eigenvalue weighted by Gasteiger charge is -2.00. The SMILES string of the molecule is CCCCCC(=O)C(C)I. The Bertz CT molecular complexity index is 99.4. The maximum atomic E-state index is 11.0. The Balaban J connectivity index is 3.22. The average molecular weight is 254 g/mol. The van der Waals surface area contributed by atoms with Crippen molar-refractivity contribution in [3.8, 4) is 0 Å². The lowest BCUT2D eigenvalue weighted by molar-refractivity contribution is -0.118. The van der Waals surface area contributed by atoms with E-state index >= 15 is 0 Å². The molecule has 0 N–H and O–H groups in total. The zero-order chi connectivity index (χ0) is 7.98. The molecule has 0 amide bonds. The molecular formula is C8H15IO. The first-order chi connectivity index (χ1) is 4.68. The second-order valence-electron chi connectivity index (χ2n) is 2.54. The molecule has 0 rings (SSSR count). The molecule has 1 unspecified atom stereocenters. The second-order valence-corrected chi connectivity index (χ2v) is 4.41. The van der Waals surface area contributed by atoms with Crippen LogP contribution in [0, 0.1) is 0 Å². The summed E-state index contributed by atoms with van der Waals surface area (Å²) in [6, 6.07) is 0. The van der Waals surface area contributed by atoms with Gasteiger partial charge in [0, 0.05) is 6.42 Å². The van der Waals surface area contributed by atoms with Gasteiger partial charge in [-0.2, -0.15) is 0 Å². The highest BCUT2D eigenvalue weighted by Gasteiger charge is 2.06. The van der Waals surface area contributed by atoms with Crippen molar-refractivity contribution < 1.29 is 4.79 Å². The monoisotopic (exact) mass is 254 g/mol. The Morgan fingerprint density at radius 3 is 2.50 bits per heavy atom. The Labute approximate surface area is 76.7 Å². The maximum Gasteiger partial charge on any atom is 0.145 e. The van der Waals surface area contributed by atoms with Gasteiger partial charge in [0.15, 0.2) is 0 Å². The van der Waals surface area contributed by atoms with E-state index < -0.39 is 0 Å². The van der Waals surface area contributed by atoms with Gasteiger partial charge in [0.1, 0.15) is 5.78 Å². The molecule has 0 saturated heterocycles. The highest BCUT2D eigenvalue weighted by molar-refractivity contribution is 14.1. The lowest BCUT2D eigenvalue weighted by Crippen LogP contribution is -2.08. The molecule has 0 aliphatic heterocycles. The number of ketones is 1. The third-order valence-electron chi connectivity index (χ3n) is 1.47. The van der Waals surface area contributed by atoms with Crippen LogP contribution in [0.5, 0.6) is 0 Å². The largest absolute Gasteiger partial charge is 0.299 e. The summed E-state index contributed by atoms with van der Waals surface area (Å²) in [5.41, 5.74) is 0. The molecule has 10 heavy (non-hydrogen) atoms. The van der Waals surface area contributed by atoms with E-state index in [0.29, 0.717) is 5.78 Å². The quantitative estimate of drug-likeness (QED) is 0.419.